The number of nitriles is 2. The SMILES string of the molecule is C=C1CCN2CCC(=C)c3cc(C=Cc4cccc5c(C#N)c(C#N)c6ccccc6c45)cc1c32. The minimum atomic E-state index is 0.433. The van der Waals surface area contributed by atoms with Gasteiger partial charge >= 0.3 is 0 Å². The van der Waals surface area contributed by atoms with E-state index in [2.05, 4.69) is 60.5 Å². The molecule has 0 fully saturated rings. The van der Waals surface area contributed by atoms with Gasteiger partial charge in [0.15, 0.2) is 0 Å². The van der Waals surface area contributed by atoms with Crippen LogP contribution >= 0.6 is 0 Å². The summed E-state index contributed by atoms with van der Waals surface area (Å²) in [6.45, 7) is 10.7. The van der Waals surface area contributed by atoms with Crippen LogP contribution in [-0.4, -0.2) is 13.1 Å². The summed E-state index contributed by atoms with van der Waals surface area (Å²) < 4.78 is 0. The molecule has 4 aromatic rings. The predicted octanol–water partition coefficient (Wildman–Crippen LogP) is 7.55. The van der Waals surface area contributed by atoms with Crippen molar-refractivity contribution in [3.63, 3.8) is 0 Å². The lowest BCUT2D eigenvalue weighted by Gasteiger charge is -2.38. The molecule has 0 N–H and O–H groups in total. The molecule has 166 valence electrons. The average Bonchev–Trinajstić information content (AvgIpc) is 2.89. The number of fused-ring (bicyclic) bond motifs is 3. The Morgan fingerprint density at radius 1 is 0.743 bits per heavy atom. The first-order valence-corrected chi connectivity index (χ1v) is 11.9. The summed E-state index contributed by atoms with van der Waals surface area (Å²) in [5, 5.41) is 23.3. The molecule has 0 bridgehead atoms. The molecule has 2 aliphatic heterocycles. The number of nitrogens with zero attached hydrogens (tertiary/aromatic N) is 3. The van der Waals surface area contributed by atoms with E-state index in [0.29, 0.717) is 11.1 Å². The highest BCUT2D eigenvalue weighted by atomic mass is 15.1. The van der Waals surface area contributed by atoms with Crippen molar-refractivity contribution in [3.05, 3.63) is 101 Å². The van der Waals surface area contributed by atoms with Gasteiger partial charge in [-0.25, -0.2) is 0 Å². The maximum Gasteiger partial charge on any atom is 0.101 e. The fraction of sp³-hybridized carbons (Fsp3) is 0.125. The molecular weight excluding hydrogens is 426 g/mol. The number of anilines is 1. The van der Waals surface area contributed by atoms with Crippen molar-refractivity contribution in [1.82, 2.24) is 0 Å². The lowest BCUT2D eigenvalue weighted by atomic mass is 9.85. The second-order valence-corrected chi connectivity index (χ2v) is 9.28. The van der Waals surface area contributed by atoms with Crippen molar-refractivity contribution >= 4 is 50.5 Å². The van der Waals surface area contributed by atoms with Gasteiger partial charge in [0.05, 0.1) is 16.8 Å². The van der Waals surface area contributed by atoms with E-state index >= 15 is 0 Å². The van der Waals surface area contributed by atoms with Gasteiger partial charge in [-0.1, -0.05) is 67.8 Å². The summed E-state index contributed by atoms with van der Waals surface area (Å²) >= 11 is 0. The van der Waals surface area contributed by atoms with Gasteiger partial charge in [0.25, 0.3) is 0 Å². The normalized spacial score (nSPS) is 14.9. The molecule has 6 rings (SSSR count). The van der Waals surface area contributed by atoms with Crippen LogP contribution in [0.1, 0.15) is 46.2 Å². The zero-order valence-corrected chi connectivity index (χ0v) is 19.4. The second-order valence-electron chi connectivity index (χ2n) is 9.28. The minimum Gasteiger partial charge on any atom is -0.370 e. The third-order valence-corrected chi connectivity index (χ3v) is 7.34. The smallest absolute Gasteiger partial charge is 0.101 e. The molecule has 0 spiro atoms. The van der Waals surface area contributed by atoms with Gasteiger partial charge in [0.1, 0.15) is 12.1 Å². The Morgan fingerprint density at radius 2 is 1.34 bits per heavy atom. The average molecular weight is 450 g/mol. The van der Waals surface area contributed by atoms with E-state index in [0.717, 1.165) is 58.6 Å². The number of rotatable bonds is 2. The van der Waals surface area contributed by atoms with Crippen LogP contribution in [-0.2, 0) is 0 Å². The highest BCUT2D eigenvalue weighted by Crippen LogP contribution is 2.44. The Morgan fingerprint density at radius 3 is 2.00 bits per heavy atom. The summed E-state index contributed by atoms with van der Waals surface area (Å²) in [4.78, 5) is 2.47. The Labute approximate surface area is 205 Å². The van der Waals surface area contributed by atoms with Gasteiger partial charge in [0.2, 0.25) is 0 Å². The van der Waals surface area contributed by atoms with Crippen molar-refractivity contribution in [2.45, 2.75) is 12.8 Å². The number of benzene rings is 4. The second kappa shape index (κ2) is 8.01. The number of hydrogen-bond acceptors (Lipinski definition) is 3. The summed E-state index contributed by atoms with van der Waals surface area (Å²) in [5.41, 5.74) is 9.10. The van der Waals surface area contributed by atoms with E-state index in [9.17, 15) is 10.5 Å². The van der Waals surface area contributed by atoms with Crippen LogP contribution in [0.5, 0.6) is 0 Å². The summed E-state index contributed by atoms with van der Waals surface area (Å²) in [5.74, 6) is 0. The molecule has 0 saturated carbocycles. The molecule has 0 radical (unpaired) electrons. The quantitative estimate of drug-likeness (QED) is 0.234. The van der Waals surface area contributed by atoms with Gasteiger partial charge in [-0.15, -0.1) is 0 Å². The van der Waals surface area contributed by atoms with Crippen LogP contribution in [0.25, 0.3) is 44.8 Å². The van der Waals surface area contributed by atoms with Crippen LogP contribution < -0.4 is 4.90 Å². The highest BCUT2D eigenvalue weighted by Gasteiger charge is 2.27. The predicted molar refractivity (Wildman–Crippen MR) is 146 cm³/mol. The molecule has 0 amide bonds. The summed E-state index contributed by atoms with van der Waals surface area (Å²) in [6.07, 6.45) is 6.23. The molecular formula is C32H23N3. The van der Waals surface area contributed by atoms with E-state index in [1.54, 1.807) is 0 Å². The lowest BCUT2D eigenvalue weighted by molar-refractivity contribution is 0.766. The third kappa shape index (κ3) is 3.17. The lowest BCUT2D eigenvalue weighted by Crippen LogP contribution is -2.33. The van der Waals surface area contributed by atoms with Gasteiger partial charge in [0, 0.05) is 35.0 Å². The Balaban J connectivity index is 1.56. The van der Waals surface area contributed by atoms with E-state index in [4.69, 9.17) is 0 Å². The van der Waals surface area contributed by atoms with Crippen LogP contribution in [0.15, 0.2) is 67.8 Å². The number of hydrogen-bond donors (Lipinski definition) is 0. The molecule has 0 saturated heterocycles. The van der Waals surface area contributed by atoms with Crippen molar-refractivity contribution in [2.75, 3.05) is 18.0 Å². The minimum absolute atomic E-state index is 0.433. The Hall–Kier alpha value is -4.60. The molecule has 0 unspecified atom stereocenters. The van der Waals surface area contributed by atoms with Crippen molar-refractivity contribution in [1.29, 1.82) is 10.5 Å². The van der Waals surface area contributed by atoms with E-state index in [-0.39, 0.29) is 0 Å². The highest BCUT2D eigenvalue weighted by molar-refractivity contribution is 6.16. The largest absolute Gasteiger partial charge is 0.370 e. The maximum atomic E-state index is 9.91. The van der Waals surface area contributed by atoms with E-state index in [1.165, 1.54) is 28.0 Å². The first kappa shape index (κ1) is 21.0. The first-order chi connectivity index (χ1) is 17.1. The topological polar surface area (TPSA) is 50.8 Å². The van der Waals surface area contributed by atoms with Crippen LogP contribution in [0.4, 0.5) is 5.69 Å². The van der Waals surface area contributed by atoms with Crippen molar-refractivity contribution in [2.24, 2.45) is 0 Å². The van der Waals surface area contributed by atoms with Gasteiger partial charge in [-0.3, -0.25) is 0 Å². The maximum absolute atomic E-state index is 9.91. The fourth-order valence-corrected chi connectivity index (χ4v) is 5.60. The first-order valence-electron chi connectivity index (χ1n) is 11.9. The molecule has 2 aliphatic rings. The van der Waals surface area contributed by atoms with E-state index < -0.39 is 0 Å². The van der Waals surface area contributed by atoms with Gasteiger partial charge in [-0.05, 0) is 58.0 Å². The van der Waals surface area contributed by atoms with Crippen LogP contribution in [0.2, 0.25) is 0 Å². The van der Waals surface area contributed by atoms with E-state index in [1.807, 2.05) is 36.4 Å². The zero-order chi connectivity index (χ0) is 24.1. The standard InChI is InChI=1S/C32H23N3/c1-20-12-14-35-15-13-21(2)28-17-22(16-27(20)32(28)35)10-11-23-6-5-9-26-30(19-34)29(18-33)24-7-3-4-8-25(24)31(23)26/h3-11,16-17H,1-2,12-15H2. The fourth-order valence-electron chi connectivity index (χ4n) is 5.60. The zero-order valence-electron chi connectivity index (χ0n) is 19.4. The molecule has 3 nitrogen and oxygen atoms in total. The Bertz CT molecular complexity index is 1660. The summed E-state index contributed by atoms with van der Waals surface area (Å²) in [6, 6.07) is 22.8. The molecule has 2 heterocycles. The van der Waals surface area contributed by atoms with Crippen molar-refractivity contribution < 1.29 is 0 Å². The third-order valence-electron chi connectivity index (χ3n) is 7.34. The van der Waals surface area contributed by atoms with Gasteiger partial charge < -0.3 is 4.90 Å². The van der Waals surface area contributed by atoms with Crippen LogP contribution in [0, 0.1) is 22.7 Å². The molecule has 0 atom stereocenters. The Kier molecular flexibility index (Phi) is 4.80. The molecule has 0 aromatic heterocycles. The van der Waals surface area contributed by atoms with Crippen molar-refractivity contribution in [3.8, 4) is 12.1 Å². The molecule has 4 aromatic carbocycles. The molecule has 3 heteroatoms. The van der Waals surface area contributed by atoms with Gasteiger partial charge in [-0.2, -0.15) is 10.5 Å². The molecule has 35 heavy (non-hydrogen) atoms. The molecule has 0 aliphatic carbocycles. The monoisotopic (exact) mass is 449 g/mol. The summed E-state index contributed by atoms with van der Waals surface area (Å²) in [7, 11) is 0. The van der Waals surface area contributed by atoms with Crippen LogP contribution in [0.3, 0.4) is 0 Å².